The first-order valence-electron chi connectivity index (χ1n) is 4.30. The largest absolute Gasteiger partial charge is 0.480 e. The average Bonchev–Trinajstić information content (AvgIpc) is 2.16. The van der Waals surface area contributed by atoms with Crippen LogP contribution in [0.2, 0.25) is 5.15 Å². The monoisotopic (exact) mass is 244 g/mol. The topological polar surface area (TPSA) is 88.5 Å². The van der Waals surface area contributed by atoms with Gasteiger partial charge >= 0.3 is 5.97 Å². The maximum atomic E-state index is 11.2. The molecule has 0 aliphatic rings. The summed E-state index contributed by atoms with van der Waals surface area (Å²) in [6, 6.07) is 4.75. The Bertz CT molecular complexity index is 397. The molecule has 1 amide bonds. The van der Waals surface area contributed by atoms with Gasteiger partial charge in [0.05, 0.1) is 0 Å². The van der Waals surface area contributed by atoms with E-state index in [-0.39, 0.29) is 17.6 Å². The van der Waals surface area contributed by atoms with Gasteiger partial charge in [0.15, 0.2) is 0 Å². The van der Waals surface area contributed by atoms with Gasteiger partial charge in [-0.15, -0.1) is 0 Å². The summed E-state index contributed by atoms with van der Waals surface area (Å²) in [4.78, 5) is 25.1. The second kappa shape index (κ2) is 6.04. The second-order valence-corrected chi connectivity index (χ2v) is 3.17. The van der Waals surface area contributed by atoms with Crippen LogP contribution < -0.4 is 5.32 Å². The van der Waals surface area contributed by atoms with E-state index in [4.69, 9.17) is 16.7 Å². The summed E-state index contributed by atoms with van der Waals surface area (Å²) >= 11 is 5.60. The van der Waals surface area contributed by atoms with Gasteiger partial charge in [0.2, 0.25) is 0 Å². The van der Waals surface area contributed by atoms with E-state index >= 15 is 0 Å². The number of carboxylic acid groups (broad SMARTS) is 1. The van der Waals surface area contributed by atoms with E-state index in [0.29, 0.717) is 0 Å². The van der Waals surface area contributed by atoms with E-state index in [1.165, 1.54) is 0 Å². The Morgan fingerprint density at radius 3 is 2.81 bits per heavy atom. The lowest BCUT2D eigenvalue weighted by molar-refractivity contribution is -0.143. The Morgan fingerprint density at radius 1 is 1.44 bits per heavy atom. The Morgan fingerprint density at radius 2 is 2.19 bits per heavy atom. The molecule has 0 atom stereocenters. The first kappa shape index (κ1) is 12.4. The summed E-state index contributed by atoms with van der Waals surface area (Å²) in [5.41, 5.74) is 0. The zero-order valence-electron chi connectivity index (χ0n) is 8.14. The third-order valence-corrected chi connectivity index (χ3v) is 1.65. The highest BCUT2D eigenvalue weighted by atomic mass is 35.5. The molecule has 0 fully saturated rings. The molecule has 16 heavy (non-hydrogen) atoms. The molecule has 0 saturated heterocycles. The van der Waals surface area contributed by atoms with E-state index in [1.807, 2.05) is 0 Å². The van der Waals surface area contributed by atoms with Crippen molar-refractivity contribution < 1.29 is 19.4 Å². The SMILES string of the molecule is O=C(O)COCC(=O)Nc1cccc(Cl)n1. The van der Waals surface area contributed by atoms with Crippen molar-refractivity contribution in [3.05, 3.63) is 23.4 Å². The highest BCUT2D eigenvalue weighted by Gasteiger charge is 2.05. The fourth-order valence-corrected chi connectivity index (χ4v) is 1.05. The molecule has 1 aromatic rings. The number of carbonyl (C=O) groups excluding carboxylic acids is 1. The number of rotatable bonds is 5. The summed E-state index contributed by atoms with van der Waals surface area (Å²) < 4.78 is 4.59. The molecule has 7 heteroatoms. The van der Waals surface area contributed by atoms with Crippen LogP contribution in [0, 0.1) is 0 Å². The number of carboxylic acids is 1. The molecule has 0 aliphatic carbocycles. The van der Waals surface area contributed by atoms with E-state index in [2.05, 4.69) is 15.0 Å². The Labute approximate surface area is 96.2 Å². The fraction of sp³-hybridized carbons (Fsp3) is 0.222. The van der Waals surface area contributed by atoms with Gasteiger partial charge in [-0.05, 0) is 12.1 Å². The van der Waals surface area contributed by atoms with Crippen LogP contribution in [0.4, 0.5) is 5.82 Å². The minimum atomic E-state index is -1.13. The Balaban J connectivity index is 2.37. The number of hydrogen-bond acceptors (Lipinski definition) is 4. The van der Waals surface area contributed by atoms with Crippen molar-refractivity contribution >= 4 is 29.3 Å². The summed E-state index contributed by atoms with van der Waals surface area (Å²) in [6.45, 7) is -0.864. The molecule has 6 nitrogen and oxygen atoms in total. The smallest absolute Gasteiger partial charge is 0.329 e. The third kappa shape index (κ3) is 4.72. The number of nitrogens with one attached hydrogen (secondary N) is 1. The minimum absolute atomic E-state index is 0.254. The molecular weight excluding hydrogens is 236 g/mol. The molecular formula is C9H9ClN2O4. The molecule has 86 valence electrons. The number of carbonyl (C=O) groups is 2. The minimum Gasteiger partial charge on any atom is -0.480 e. The molecule has 1 aromatic heterocycles. The van der Waals surface area contributed by atoms with Crippen LogP contribution in [0.1, 0.15) is 0 Å². The number of halogens is 1. The highest BCUT2D eigenvalue weighted by molar-refractivity contribution is 6.29. The molecule has 2 N–H and O–H groups in total. The van der Waals surface area contributed by atoms with Crippen molar-refractivity contribution in [2.24, 2.45) is 0 Å². The lowest BCUT2D eigenvalue weighted by Gasteiger charge is -2.04. The predicted octanol–water partition coefficient (Wildman–Crippen LogP) is 0.775. The zero-order chi connectivity index (χ0) is 12.0. The number of pyridine rings is 1. The standard InChI is InChI=1S/C9H9ClN2O4/c10-6-2-1-3-7(11-6)12-8(13)4-16-5-9(14)15/h1-3H,4-5H2,(H,14,15)(H,11,12,13). The van der Waals surface area contributed by atoms with Gasteiger partial charge < -0.3 is 15.2 Å². The van der Waals surface area contributed by atoms with Crippen molar-refractivity contribution in [1.82, 2.24) is 4.98 Å². The average molecular weight is 245 g/mol. The molecule has 0 bridgehead atoms. The fourth-order valence-electron chi connectivity index (χ4n) is 0.888. The van der Waals surface area contributed by atoms with Crippen molar-refractivity contribution in [1.29, 1.82) is 0 Å². The van der Waals surface area contributed by atoms with Gasteiger partial charge in [-0.1, -0.05) is 17.7 Å². The number of amides is 1. The summed E-state index contributed by atoms with van der Waals surface area (Å²) in [6.07, 6.45) is 0. The Kier molecular flexibility index (Phi) is 4.68. The van der Waals surface area contributed by atoms with Gasteiger partial charge in [-0.3, -0.25) is 4.79 Å². The summed E-state index contributed by atoms with van der Waals surface area (Å²) in [5, 5.41) is 10.9. The summed E-state index contributed by atoms with van der Waals surface area (Å²) in [7, 11) is 0. The van der Waals surface area contributed by atoms with Gasteiger partial charge in [0, 0.05) is 0 Å². The number of anilines is 1. The van der Waals surface area contributed by atoms with Crippen LogP contribution in [0.25, 0.3) is 0 Å². The number of ether oxygens (including phenoxy) is 1. The molecule has 1 rings (SSSR count). The molecule has 0 spiro atoms. The van der Waals surface area contributed by atoms with Gasteiger partial charge in [-0.2, -0.15) is 0 Å². The number of aromatic nitrogens is 1. The molecule has 0 saturated carbocycles. The normalized spacial score (nSPS) is 9.81. The van der Waals surface area contributed by atoms with Gasteiger partial charge in [0.1, 0.15) is 24.2 Å². The molecule has 0 aliphatic heterocycles. The van der Waals surface area contributed by atoms with Crippen molar-refractivity contribution in [2.75, 3.05) is 18.5 Å². The first-order chi connectivity index (χ1) is 7.58. The van der Waals surface area contributed by atoms with Crippen LogP contribution in [0.3, 0.4) is 0 Å². The molecule has 1 heterocycles. The van der Waals surface area contributed by atoms with Crippen LogP contribution in [0.15, 0.2) is 18.2 Å². The summed E-state index contributed by atoms with van der Waals surface area (Å²) in [5.74, 6) is -1.33. The lowest BCUT2D eigenvalue weighted by atomic mass is 10.4. The van der Waals surface area contributed by atoms with Crippen molar-refractivity contribution in [3.8, 4) is 0 Å². The van der Waals surface area contributed by atoms with E-state index in [1.54, 1.807) is 18.2 Å². The van der Waals surface area contributed by atoms with Crippen molar-refractivity contribution in [2.45, 2.75) is 0 Å². The first-order valence-corrected chi connectivity index (χ1v) is 4.67. The number of nitrogens with zero attached hydrogens (tertiary/aromatic N) is 1. The van der Waals surface area contributed by atoms with E-state index < -0.39 is 18.5 Å². The molecule has 0 radical (unpaired) electrons. The quantitative estimate of drug-likeness (QED) is 0.747. The zero-order valence-corrected chi connectivity index (χ0v) is 8.90. The Hall–Kier alpha value is -1.66. The predicted molar refractivity (Wildman–Crippen MR) is 56.3 cm³/mol. The van der Waals surface area contributed by atoms with Crippen LogP contribution >= 0.6 is 11.6 Å². The van der Waals surface area contributed by atoms with E-state index in [9.17, 15) is 9.59 Å². The highest BCUT2D eigenvalue weighted by Crippen LogP contribution is 2.08. The van der Waals surface area contributed by atoms with Crippen LogP contribution in [-0.4, -0.2) is 35.2 Å². The molecule has 0 aromatic carbocycles. The van der Waals surface area contributed by atoms with Crippen molar-refractivity contribution in [3.63, 3.8) is 0 Å². The van der Waals surface area contributed by atoms with Crippen LogP contribution in [0.5, 0.6) is 0 Å². The maximum Gasteiger partial charge on any atom is 0.329 e. The maximum absolute atomic E-state index is 11.2. The number of aliphatic carboxylic acids is 1. The van der Waals surface area contributed by atoms with E-state index in [0.717, 1.165) is 0 Å². The molecule has 0 unspecified atom stereocenters. The second-order valence-electron chi connectivity index (χ2n) is 2.78. The van der Waals surface area contributed by atoms with Gasteiger partial charge in [0.25, 0.3) is 5.91 Å². The van der Waals surface area contributed by atoms with Gasteiger partial charge in [-0.25, -0.2) is 9.78 Å². The number of hydrogen-bond donors (Lipinski definition) is 2. The van der Waals surface area contributed by atoms with Crippen LogP contribution in [-0.2, 0) is 14.3 Å². The third-order valence-electron chi connectivity index (χ3n) is 1.44. The lowest BCUT2D eigenvalue weighted by Crippen LogP contribution is -2.21.